The first-order chi connectivity index (χ1) is 36.0. The van der Waals surface area contributed by atoms with Crippen LogP contribution in [0.25, 0.3) is 0 Å². The van der Waals surface area contributed by atoms with Gasteiger partial charge in [-0.3, -0.25) is 57.5 Å². The molecule has 77 heavy (non-hydrogen) atoms. The molecule has 0 saturated carbocycles. The first-order valence-corrected chi connectivity index (χ1v) is 24.1. The molecule has 1 rings (SSSR count). The van der Waals surface area contributed by atoms with Crippen LogP contribution >= 0.6 is 0 Å². The quantitative estimate of drug-likeness (QED) is 0.0297. The Balaban J connectivity index is 3.22. The molecule has 0 spiro atoms. The molecular formula is C46H72N12O19. The van der Waals surface area contributed by atoms with Gasteiger partial charge in [0.05, 0.1) is 32.0 Å². The maximum absolute atomic E-state index is 13.6. The van der Waals surface area contributed by atoms with Crippen LogP contribution in [0.5, 0.6) is 0 Å². The Morgan fingerprint density at radius 3 is 1.27 bits per heavy atom. The lowest BCUT2D eigenvalue weighted by Gasteiger charge is -2.28. The van der Waals surface area contributed by atoms with E-state index < -0.39 is 202 Å². The number of rotatable bonds is 36. The van der Waals surface area contributed by atoms with Crippen molar-refractivity contribution in [3.05, 3.63) is 35.9 Å². The summed E-state index contributed by atoms with van der Waals surface area (Å²) in [4.78, 5) is 166. The van der Waals surface area contributed by atoms with Gasteiger partial charge in [0.15, 0.2) is 0 Å². The second-order valence-corrected chi connectivity index (χ2v) is 18.1. The first kappa shape index (κ1) is 67.1. The van der Waals surface area contributed by atoms with Crippen molar-refractivity contribution in [3.8, 4) is 0 Å². The number of benzene rings is 1. The molecule has 0 radical (unpaired) electrons. The normalized spacial score (nSPS) is 15.3. The number of carboxylic acids is 2. The number of amides is 11. The fourth-order valence-electron chi connectivity index (χ4n) is 6.85. The molecule has 1 aromatic carbocycles. The molecule has 430 valence electrons. The summed E-state index contributed by atoms with van der Waals surface area (Å²) in [7, 11) is 0. The number of carbonyl (C=O) groups is 13. The Bertz CT molecular complexity index is 2240. The lowest BCUT2D eigenvalue weighted by atomic mass is 10.0. The minimum absolute atomic E-state index is 0.0643. The van der Waals surface area contributed by atoms with Crippen LogP contribution in [0, 0.1) is 5.92 Å². The number of hydrogen-bond acceptors (Lipinski definition) is 18. The van der Waals surface area contributed by atoms with Crippen LogP contribution in [0.3, 0.4) is 0 Å². The smallest absolute Gasteiger partial charge is 0.328 e. The maximum atomic E-state index is 13.6. The van der Waals surface area contributed by atoms with E-state index in [1.807, 2.05) is 5.32 Å². The van der Waals surface area contributed by atoms with Gasteiger partial charge < -0.3 is 95.7 Å². The Kier molecular flexibility index (Phi) is 29.6. The second kappa shape index (κ2) is 33.9. The number of carboxylic acid groups (broad SMARTS) is 2. The topological polar surface area (TPSA) is 530 Å². The molecule has 0 aliphatic carbocycles. The third-order valence-electron chi connectivity index (χ3n) is 11.1. The number of nitrogens with two attached hydrogens (primary N) is 3. The lowest BCUT2D eigenvalue weighted by molar-refractivity contribution is -0.143. The highest BCUT2D eigenvalue weighted by atomic mass is 16.4. The van der Waals surface area contributed by atoms with Gasteiger partial charge in [-0.2, -0.15) is 0 Å². The summed E-state index contributed by atoms with van der Waals surface area (Å²) in [6.45, 7) is 2.28. The molecular weight excluding hydrogens is 1020 g/mol. The van der Waals surface area contributed by atoms with E-state index in [2.05, 4.69) is 42.5 Å². The van der Waals surface area contributed by atoms with Gasteiger partial charge in [0.1, 0.15) is 54.4 Å². The monoisotopic (exact) mass is 1100 g/mol. The van der Waals surface area contributed by atoms with Crippen molar-refractivity contribution in [1.29, 1.82) is 0 Å². The fourth-order valence-corrected chi connectivity index (χ4v) is 6.85. The fraction of sp³-hybridized carbons (Fsp3) is 0.587. The van der Waals surface area contributed by atoms with Gasteiger partial charge in [0.25, 0.3) is 0 Å². The van der Waals surface area contributed by atoms with Crippen LogP contribution in [0.1, 0.15) is 78.2 Å². The van der Waals surface area contributed by atoms with Crippen LogP contribution in [0.2, 0.25) is 0 Å². The highest BCUT2D eigenvalue weighted by molar-refractivity contribution is 5.99. The van der Waals surface area contributed by atoms with Gasteiger partial charge in [-0.05, 0) is 57.4 Å². The first-order valence-electron chi connectivity index (χ1n) is 24.1. The molecule has 0 aliphatic heterocycles. The van der Waals surface area contributed by atoms with E-state index in [-0.39, 0.29) is 18.8 Å². The zero-order chi connectivity index (χ0) is 58.7. The average molecular weight is 1100 g/mol. The van der Waals surface area contributed by atoms with E-state index in [0.717, 1.165) is 19.4 Å². The Labute approximate surface area is 441 Å². The number of nitrogens with one attached hydrogen (secondary N) is 9. The number of primary amides is 2. The molecule has 0 aliphatic rings. The van der Waals surface area contributed by atoms with Crippen LogP contribution in [0.4, 0.5) is 0 Å². The van der Waals surface area contributed by atoms with E-state index in [1.54, 1.807) is 44.2 Å². The van der Waals surface area contributed by atoms with Crippen LogP contribution in [-0.4, -0.2) is 194 Å². The molecule has 0 fully saturated rings. The van der Waals surface area contributed by atoms with E-state index in [0.29, 0.717) is 0 Å². The van der Waals surface area contributed by atoms with Crippen LogP contribution in [-0.2, 0) is 68.7 Å². The van der Waals surface area contributed by atoms with Gasteiger partial charge in [-0.1, -0.05) is 44.2 Å². The molecule has 1 aromatic rings. The van der Waals surface area contributed by atoms with Crippen molar-refractivity contribution in [3.63, 3.8) is 0 Å². The highest BCUT2D eigenvalue weighted by Crippen LogP contribution is 2.10. The summed E-state index contributed by atoms with van der Waals surface area (Å²) in [5, 5.41) is 78.3. The van der Waals surface area contributed by atoms with Crippen molar-refractivity contribution in [1.82, 2.24) is 47.9 Å². The highest BCUT2D eigenvalue weighted by Gasteiger charge is 2.36. The van der Waals surface area contributed by atoms with Crippen molar-refractivity contribution >= 4 is 76.9 Å². The molecule has 11 atom stereocenters. The minimum atomic E-state index is -2.01. The van der Waals surface area contributed by atoms with Crippen LogP contribution in [0.15, 0.2) is 30.3 Å². The molecule has 31 heteroatoms. The molecule has 0 heterocycles. The molecule has 11 amide bonds. The van der Waals surface area contributed by atoms with E-state index >= 15 is 0 Å². The van der Waals surface area contributed by atoms with E-state index in [9.17, 15) is 93.0 Å². The van der Waals surface area contributed by atoms with Crippen molar-refractivity contribution in [2.45, 2.75) is 146 Å². The van der Waals surface area contributed by atoms with Gasteiger partial charge in [-0.25, -0.2) is 4.79 Å². The number of hydrogen-bond donors (Lipinski definition) is 18. The minimum Gasteiger partial charge on any atom is -0.481 e. The summed E-state index contributed by atoms with van der Waals surface area (Å²) >= 11 is 0. The second-order valence-electron chi connectivity index (χ2n) is 18.1. The Morgan fingerprint density at radius 2 is 0.844 bits per heavy atom. The van der Waals surface area contributed by atoms with Crippen molar-refractivity contribution < 1.29 is 93.0 Å². The van der Waals surface area contributed by atoms with Crippen LogP contribution < -0.4 is 65.1 Å². The number of carbonyl (C=O) groups excluding carboxylic acids is 11. The molecule has 21 N–H and O–H groups in total. The number of aliphatic hydroxyl groups is 4. The summed E-state index contributed by atoms with van der Waals surface area (Å²) in [6.07, 6.45) is -5.17. The van der Waals surface area contributed by atoms with E-state index in [1.165, 1.54) is 0 Å². The van der Waals surface area contributed by atoms with Crippen molar-refractivity contribution in [2.24, 2.45) is 23.1 Å². The predicted octanol–water partition coefficient (Wildman–Crippen LogP) is -8.18. The summed E-state index contributed by atoms with van der Waals surface area (Å²) in [5.74, 6) is -15.5. The molecule has 0 unspecified atom stereocenters. The molecule has 0 saturated heterocycles. The predicted molar refractivity (Wildman–Crippen MR) is 265 cm³/mol. The lowest BCUT2D eigenvalue weighted by Crippen LogP contribution is -2.62. The SMILES string of the molecule is CC(C)C[C@H](NC(=O)[C@@H](N)Cc1ccccc1)C(=O)N[C@@H](CO)C(=O)N[C@@H](CO)C(=O)N[C@H](C(=O)N[C@@H](CCC(=O)O)C(=O)N[C@@H](C)C(=O)N[C@@H](CCC(N)=O)C(=O)N[C@@H](CCC(N)=O)C(=O)N[C@@H](CO)C(=O)O)[C@@H](C)O. The van der Waals surface area contributed by atoms with Gasteiger partial charge in [-0.15, -0.1) is 0 Å². The van der Waals surface area contributed by atoms with E-state index in [4.69, 9.17) is 17.2 Å². The number of aliphatic hydroxyl groups excluding tert-OH is 4. The largest absolute Gasteiger partial charge is 0.481 e. The zero-order valence-electron chi connectivity index (χ0n) is 42.8. The third-order valence-corrected chi connectivity index (χ3v) is 11.1. The summed E-state index contributed by atoms with van der Waals surface area (Å²) < 4.78 is 0. The Morgan fingerprint density at radius 1 is 0.468 bits per heavy atom. The Hall–Kier alpha value is -7.87. The molecule has 31 nitrogen and oxygen atoms in total. The summed E-state index contributed by atoms with van der Waals surface area (Å²) in [5.41, 5.74) is 17.2. The maximum Gasteiger partial charge on any atom is 0.328 e. The standard InChI is InChI=1S/C46H72N12O19/c1-21(2)16-29(54-38(68)25(47)17-24-8-6-5-7-9-24)42(72)55-30(18-59)43(73)56-31(19-60)44(74)58-36(23(4)62)45(75)53-28(12-15-35(65)66)39(69)50-22(3)37(67)51-26(10-13-33(48)63)40(70)52-27(11-14-34(49)64)41(71)57-32(20-61)46(76)77/h5-9,21-23,25-32,36,59-62H,10-20,47H2,1-4H3,(H2,48,63)(H2,49,64)(H,50,69)(H,51,67)(H,52,70)(H,53,75)(H,54,68)(H,55,72)(H,56,73)(H,57,71)(H,58,74)(H,65,66)(H,76,77)/t22-,23+,25-,26-,27-,28-,29-,30-,31-,32-,36-/m0/s1. The van der Waals surface area contributed by atoms with Gasteiger partial charge >= 0.3 is 11.9 Å². The average Bonchev–Trinajstić information content (AvgIpc) is 3.35. The third kappa shape index (κ3) is 25.0. The molecule has 0 aromatic heterocycles. The van der Waals surface area contributed by atoms with Gasteiger partial charge in [0, 0.05) is 19.3 Å². The van der Waals surface area contributed by atoms with Gasteiger partial charge in [0.2, 0.25) is 65.0 Å². The molecule has 0 bridgehead atoms. The zero-order valence-corrected chi connectivity index (χ0v) is 42.8. The summed E-state index contributed by atoms with van der Waals surface area (Å²) in [6, 6.07) is -7.99. The van der Waals surface area contributed by atoms with Crippen molar-refractivity contribution in [2.75, 3.05) is 19.8 Å². The number of aliphatic carboxylic acids is 2.